The zero-order valence-corrected chi connectivity index (χ0v) is 9.07. The molecule has 0 saturated carbocycles. The zero-order chi connectivity index (χ0) is 11.5. The van der Waals surface area contributed by atoms with Gasteiger partial charge >= 0.3 is 5.97 Å². The third-order valence-electron chi connectivity index (χ3n) is 2.99. The molecule has 1 aromatic carbocycles. The lowest BCUT2D eigenvalue weighted by molar-refractivity contribution is -0.145. The molecule has 1 aliphatic rings. The van der Waals surface area contributed by atoms with Crippen LogP contribution in [0.5, 0.6) is 0 Å². The second kappa shape index (κ2) is 4.61. The van der Waals surface area contributed by atoms with E-state index in [1.165, 1.54) is 19.2 Å². The highest BCUT2D eigenvalue weighted by atomic mass is 19.1. The van der Waals surface area contributed by atoms with E-state index in [4.69, 9.17) is 4.74 Å². The van der Waals surface area contributed by atoms with E-state index in [0.29, 0.717) is 13.1 Å². The van der Waals surface area contributed by atoms with E-state index in [2.05, 4.69) is 5.32 Å². The molecule has 4 heteroatoms. The molecule has 1 saturated heterocycles. The first kappa shape index (κ1) is 11.1. The first-order valence-electron chi connectivity index (χ1n) is 5.26. The maximum Gasteiger partial charge on any atom is 0.310 e. The molecular formula is C12H14FNO2. The molecule has 1 N–H and O–H groups in total. The van der Waals surface area contributed by atoms with Gasteiger partial charge in [0.05, 0.1) is 13.0 Å². The molecule has 1 aromatic rings. The number of halogens is 1. The van der Waals surface area contributed by atoms with Gasteiger partial charge in [-0.3, -0.25) is 4.79 Å². The van der Waals surface area contributed by atoms with E-state index in [-0.39, 0.29) is 23.6 Å². The van der Waals surface area contributed by atoms with Crippen molar-refractivity contribution >= 4 is 5.97 Å². The van der Waals surface area contributed by atoms with Gasteiger partial charge < -0.3 is 10.1 Å². The third-order valence-corrected chi connectivity index (χ3v) is 2.99. The summed E-state index contributed by atoms with van der Waals surface area (Å²) >= 11 is 0. The van der Waals surface area contributed by atoms with Gasteiger partial charge in [-0.25, -0.2) is 4.39 Å². The number of methoxy groups -OCH3 is 1. The van der Waals surface area contributed by atoms with Gasteiger partial charge in [0.15, 0.2) is 0 Å². The summed E-state index contributed by atoms with van der Waals surface area (Å²) in [7, 11) is 1.38. The Kier molecular flexibility index (Phi) is 3.19. The minimum Gasteiger partial charge on any atom is -0.469 e. The van der Waals surface area contributed by atoms with Gasteiger partial charge in [0.2, 0.25) is 0 Å². The van der Waals surface area contributed by atoms with Crippen molar-refractivity contribution in [1.29, 1.82) is 0 Å². The van der Waals surface area contributed by atoms with Crippen LogP contribution in [0, 0.1) is 11.7 Å². The molecule has 0 aromatic heterocycles. The Hall–Kier alpha value is -1.42. The van der Waals surface area contributed by atoms with Crippen LogP contribution in [-0.2, 0) is 9.53 Å². The number of hydrogen-bond acceptors (Lipinski definition) is 3. The summed E-state index contributed by atoms with van der Waals surface area (Å²) < 4.78 is 17.8. The van der Waals surface area contributed by atoms with Gasteiger partial charge in [0.1, 0.15) is 5.82 Å². The topological polar surface area (TPSA) is 38.3 Å². The lowest BCUT2D eigenvalue weighted by atomic mass is 9.89. The first-order valence-corrected chi connectivity index (χ1v) is 5.26. The van der Waals surface area contributed by atoms with E-state index >= 15 is 0 Å². The van der Waals surface area contributed by atoms with Crippen molar-refractivity contribution in [3.63, 3.8) is 0 Å². The van der Waals surface area contributed by atoms with E-state index in [1.807, 2.05) is 6.07 Å². The summed E-state index contributed by atoms with van der Waals surface area (Å²) in [5.41, 5.74) is 0.848. The number of nitrogens with one attached hydrogen (secondary N) is 1. The second-order valence-corrected chi connectivity index (χ2v) is 3.95. The molecule has 0 unspecified atom stereocenters. The van der Waals surface area contributed by atoms with Crippen LogP contribution < -0.4 is 5.32 Å². The Labute approximate surface area is 93.6 Å². The van der Waals surface area contributed by atoms with E-state index in [0.717, 1.165) is 5.56 Å². The Morgan fingerprint density at radius 3 is 3.00 bits per heavy atom. The summed E-state index contributed by atoms with van der Waals surface area (Å²) in [6.07, 6.45) is 0. The van der Waals surface area contributed by atoms with Gasteiger partial charge in [0.25, 0.3) is 0 Å². The molecule has 86 valence electrons. The van der Waals surface area contributed by atoms with Crippen molar-refractivity contribution in [1.82, 2.24) is 5.32 Å². The summed E-state index contributed by atoms with van der Waals surface area (Å²) in [4.78, 5) is 11.5. The van der Waals surface area contributed by atoms with Crippen LogP contribution in [0.15, 0.2) is 24.3 Å². The Bertz CT molecular complexity index is 394. The van der Waals surface area contributed by atoms with Crippen LogP contribution >= 0.6 is 0 Å². The fourth-order valence-electron chi connectivity index (χ4n) is 2.17. The fraction of sp³-hybridized carbons (Fsp3) is 0.417. The highest BCUT2D eigenvalue weighted by molar-refractivity contribution is 5.74. The standard InChI is InChI=1S/C12H14FNO2/c1-16-12(15)11-7-14-6-10(11)8-3-2-4-9(13)5-8/h2-5,10-11,14H,6-7H2,1H3/t10-,11-/m1/s1. The van der Waals surface area contributed by atoms with Gasteiger partial charge in [-0.1, -0.05) is 12.1 Å². The molecule has 0 aliphatic carbocycles. The number of rotatable bonds is 2. The number of ether oxygens (including phenoxy) is 1. The lowest BCUT2D eigenvalue weighted by Crippen LogP contribution is -2.22. The molecule has 1 aliphatic heterocycles. The number of carbonyl (C=O) groups excluding carboxylic acids is 1. The maximum atomic E-state index is 13.1. The van der Waals surface area contributed by atoms with Gasteiger partial charge in [-0.05, 0) is 17.7 Å². The van der Waals surface area contributed by atoms with Crippen molar-refractivity contribution in [3.8, 4) is 0 Å². The van der Waals surface area contributed by atoms with Crippen LogP contribution in [0.25, 0.3) is 0 Å². The summed E-state index contributed by atoms with van der Waals surface area (Å²) in [5.74, 6) is -0.720. The molecule has 2 atom stereocenters. The van der Waals surface area contributed by atoms with E-state index in [1.54, 1.807) is 6.07 Å². The smallest absolute Gasteiger partial charge is 0.310 e. The lowest BCUT2D eigenvalue weighted by Gasteiger charge is -2.16. The minimum absolute atomic E-state index is 0.00292. The highest BCUT2D eigenvalue weighted by Gasteiger charge is 2.34. The van der Waals surface area contributed by atoms with Gasteiger partial charge in [0, 0.05) is 19.0 Å². The second-order valence-electron chi connectivity index (χ2n) is 3.95. The Balaban J connectivity index is 2.23. The van der Waals surface area contributed by atoms with Crippen molar-refractivity contribution in [2.24, 2.45) is 5.92 Å². The molecule has 0 bridgehead atoms. The van der Waals surface area contributed by atoms with Crippen molar-refractivity contribution in [3.05, 3.63) is 35.6 Å². The minimum atomic E-state index is -0.270. The third kappa shape index (κ3) is 2.07. The van der Waals surface area contributed by atoms with Crippen LogP contribution in [0.2, 0.25) is 0 Å². The molecule has 3 nitrogen and oxygen atoms in total. The van der Waals surface area contributed by atoms with Crippen LogP contribution in [-0.4, -0.2) is 26.2 Å². The van der Waals surface area contributed by atoms with E-state index < -0.39 is 0 Å². The maximum absolute atomic E-state index is 13.1. The molecular weight excluding hydrogens is 209 g/mol. The van der Waals surface area contributed by atoms with Gasteiger partial charge in [-0.2, -0.15) is 0 Å². The molecule has 16 heavy (non-hydrogen) atoms. The largest absolute Gasteiger partial charge is 0.469 e. The fourth-order valence-corrected chi connectivity index (χ4v) is 2.17. The first-order chi connectivity index (χ1) is 7.72. The number of carbonyl (C=O) groups is 1. The summed E-state index contributed by atoms with van der Waals surface area (Å²) in [6, 6.07) is 6.39. The molecule has 0 radical (unpaired) electrons. The summed E-state index contributed by atoms with van der Waals surface area (Å²) in [5, 5.41) is 3.13. The quantitative estimate of drug-likeness (QED) is 0.768. The number of esters is 1. The Morgan fingerprint density at radius 2 is 2.31 bits per heavy atom. The predicted octanol–water partition coefficient (Wildman–Crippen LogP) is 1.30. The van der Waals surface area contributed by atoms with Gasteiger partial charge in [-0.15, -0.1) is 0 Å². The average Bonchev–Trinajstić information content (AvgIpc) is 2.77. The SMILES string of the molecule is COC(=O)[C@@H]1CNC[C@@H]1c1cccc(F)c1. The molecule has 0 spiro atoms. The number of hydrogen-bond donors (Lipinski definition) is 1. The zero-order valence-electron chi connectivity index (χ0n) is 9.07. The average molecular weight is 223 g/mol. The Morgan fingerprint density at radius 1 is 1.50 bits per heavy atom. The van der Waals surface area contributed by atoms with Crippen molar-refractivity contribution < 1.29 is 13.9 Å². The van der Waals surface area contributed by atoms with E-state index in [9.17, 15) is 9.18 Å². The number of benzene rings is 1. The van der Waals surface area contributed by atoms with Crippen LogP contribution in [0.1, 0.15) is 11.5 Å². The molecule has 1 fully saturated rings. The molecule has 2 rings (SSSR count). The highest BCUT2D eigenvalue weighted by Crippen LogP contribution is 2.29. The summed E-state index contributed by atoms with van der Waals surface area (Å²) in [6.45, 7) is 1.27. The van der Waals surface area contributed by atoms with Crippen molar-refractivity contribution in [2.75, 3.05) is 20.2 Å². The monoisotopic (exact) mass is 223 g/mol. The predicted molar refractivity (Wildman–Crippen MR) is 57.5 cm³/mol. The normalized spacial score (nSPS) is 24.4. The van der Waals surface area contributed by atoms with Crippen LogP contribution in [0.3, 0.4) is 0 Å². The van der Waals surface area contributed by atoms with Crippen molar-refractivity contribution in [2.45, 2.75) is 5.92 Å². The molecule has 0 amide bonds. The molecule has 1 heterocycles. The van der Waals surface area contributed by atoms with Crippen LogP contribution in [0.4, 0.5) is 4.39 Å².